The highest BCUT2D eigenvalue weighted by atomic mass is 16.5. The van der Waals surface area contributed by atoms with Crippen molar-refractivity contribution < 1.29 is 19.1 Å². The van der Waals surface area contributed by atoms with Crippen LogP contribution in [0.15, 0.2) is 24.3 Å². The van der Waals surface area contributed by atoms with E-state index in [2.05, 4.69) is 36.2 Å². The van der Waals surface area contributed by atoms with Gasteiger partial charge in [-0.1, -0.05) is 31.4 Å². The average Bonchev–Trinajstić information content (AvgIpc) is 3.47. The van der Waals surface area contributed by atoms with Crippen LogP contribution in [0, 0.1) is 0 Å². The SMILES string of the molecule is CC(C)N1CCC(c2ccc(C(=O)NC3(C(=O)N4CC[C@H]5OCC(=O)[C@H]54)CCCCC3)cc2)CC1. The Morgan fingerprint density at radius 3 is 2.34 bits per heavy atom. The zero-order chi connectivity index (χ0) is 24.6. The maximum Gasteiger partial charge on any atom is 0.252 e. The maximum atomic E-state index is 13.8. The molecule has 2 atom stereocenters. The first-order valence-corrected chi connectivity index (χ1v) is 13.5. The highest BCUT2D eigenvalue weighted by molar-refractivity contribution is 6.01. The molecule has 7 nitrogen and oxygen atoms in total. The van der Waals surface area contributed by atoms with E-state index in [-0.39, 0.29) is 30.3 Å². The van der Waals surface area contributed by atoms with E-state index in [4.69, 9.17) is 4.74 Å². The van der Waals surface area contributed by atoms with Gasteiger partial charge in [-0.3, -0.25) is 14.4 Å². The number of nitrogens with zero attached hydrogens (tertiary/aromatic N) is 2. The van der Waals surface area contributed by atoms with Crippen LogP contribution in [0.5, 0.6) is 0 Å². The summed E-state index contributed by atoms with van der Waals surface area (Å²) in [6.45, 7) is 7.32. The van der Waals surface area contributed by atoms with Crippen LogP contribution in [-0.4, -0.2) is 77.4 Å². The topological polar surface area (TPSA) is 79.0 Å². The van der Waals surface area contributed by atoms with Crippen LogP contribution in [0.1, 0.15) is 87.1 Å². The molecule has 7 heteroatoms. The largest absolute Gasteiger partial charge is 0.368 e. The molecule has 1 aromatic carbocycles. The number of piperidine rings is 1. The lowest BCUT2D eigenvalue weighted by Gasteiger charge is -2.40. The minimum absolute atomic E-state index is 0.0204. The average molecular weight is 482 g/mol. The summed E-state index contributed by atoms with van der Waals surface area (Å²) in [6.07, 6.45) is 6.86. The number of hydrogen-bond acceptors (Lipinski definition) is 5. The predicted molar refractivity (Wildman–Crippen MR) is 133 cm³/mol. The van der Waals surface area contributed by atoms with Crippen LogP contribution in [-0.2, 0) is 14.3 Å². The molecule has 0 bridgehead atoms. The fraction of sp³-hybridized carbons (Fsp3) is 0.679. The number of ketones is 1. The molecule has 0 radical (unpaired) electrons. The Kier molecular flexibility index (Phi) is 6.99. The van der Waals surface area contributed by atoms with Gasteiger partial charge >= 0.3 is 0 Å². The lowest BCUT2D eigenvalue weighted by molar-refractivity contribution is -0.143. The fourth-order valence-electron chi connectivity index (χ4n) is 6.59. The van der Waals surface area contributed by atoms with Crippen molar-refractivity contribution in [2.45, 2.75) is 94.9 Å². The first-order valence-electron chi connectivity index (χ1n) is 13.5. The highest BCUT2D eigenvalue weighted by Crippen LogP contribution is 2.35. The quantitative estimate of drug-likeness (QED) is 0.698. The van der Waals surface area contributed by atoms with Crippen molar-refractivity contribution >= 4 is 17.6 Å². The van der Waals surface area contributed by atoms with Crippen LogP contribution in [0.3, 0.4) is 0 Å². The molecule has 190 valence electrons. The number of likely N-dealkylation sites (tertiary alicyclic amines) is 2. The van der Waals surface area contributed by atoms with Gasteiger partial charge in [-0.15, -0.1) is 0 Å². The van der Waals surface area contributed by atoms with Gasteiger partial charge < -0.3 is 19.9 Å². The van der Waals surface area contributed by atoms with Crippen LogP contribution in [0.25, 0.3) is 0 Å². The van der Waals surface area contributed by atoms with Gasteiger partial charge in [-0.05, 0) is 82.7 Å². The van der Waals surface area contributed by atoms with Gasteiger partial charge in [0.15, 0.2) is 5.78 Å². The number of ether oxygens (including phenoxy) is 1. The molecule has 1 N–H and O–H groups in total. The van der Waals surface area contributed by atoms with Gasteiger partial charge in [-0.25, -0.2) is 0 Å². The molecule has 0 aromatic heterocycles. The third-order valence-electron chi connectivity index (χ3n) is 8.75. The Labute approximate surface area is 208 Å². The van der Waals surface area contributed by atoms with Crippen molar-refractivity contribution in [3.8, 4) is 0 Å². The first kappa shape index (κ1) is 24.4. The summed E-state index contributed by atoms with van der Waals surface area (Å²) in [5.74, 6) is 0.201. The summed E-state index contributed by atoms with van der Waals surface area (Å²) < 4.78 is 5.59. The van der Waals surface area contributed by atoms with Crippen molar-refractivity contribution in [2.75, 3.05) is 26.2 Å². The molecule has 1 aliphatic carbocycles. The Balaban J connectivity index is 1.28. The minimum atomic E-state index is -0.935. The second kappa shape index (κ2) is 10.0. The summed E-state index contributed by atoms with van der Waals surface area (Å²) in [5.41, 5.74) is 0.942. The summed E-state index contributed by atoms with van der Waals surface area (Å²) in [4.78, 5) is 43.8. The van der Waals surface area contributed by atoms with Crippen molar-refractivity contribution in [1.82, 2.24) is 15.1 Å². The number of Topliss-reactive ketones (excluding diaryl/α,β-unsaturated/α-hetero) is 1. The number of benzene rings is 1. The number of carbonyl (C=O) groups excluding carboxylic acids is 3. The molecule has 3 aliphatic heterocycles. The number of nitrogens with one attached hydrogen (secondary N) is 1. The smallest absolute Gasteiger partial charge is 0.252 e. The second-order valence-corrected chi connectivity index (χ2v) is 11.2. The van der Waals surface area contributed by atoms with Crippen molar-refractivity contribution in [1.29, 1.82) is 0 Å². The second-order valence-electron chi connectivity index (χ2n) is 11.2. The van der Waals surface area contributed by atoms with E-state index < -0.39 is 11.6 Å². The molecule has 1 aromatic rings. The molecule has 3 heterocycles. The predicted octanol–water partition coefficient (Wildman–Crippen LogP) is 3.28. The molecule has 35 heavy (non-hydrogen) atoms. The zero-order valence-electron chi connectivity index (χ0n) is 21.1. The molecule has 1 saturated carbocycles. The van der Waals surface area contributed by atoms with Gasteiger partial charge in [-0.2, -0.15) is 0 Å². The van der Waals surface area contributed by atoms with E-state index in [9.17, 15) is 14.4 Å². The standard InChI is InChI=1S/C28H39N3O4/c1-19(2)30-15-10-21(11-16-30)20-6-8-22(9-7-20)26(33)29-28(13-4-3-5-14-28)27(34)31-17-12-24-25(31)23(32)18-35-24/h6-9,19,21,24-25H,3-5,10-18H2,1-2H3,(H,29,33)/t24-,25-/m1/s1. The van der Waals surface area contributed by atoms with Gasteiger partial charge in [0.25, 0.3) is 5.91 Å². The number of rotatable bonds is 5. The third-order valence-corrected chi connectivity index (χ3v) is 8.75. The Morgan fingerprint density at radius 2 is 1.69 bits per heavy atom. The van der Waals surface area contributed by atoms with Crippen LogP contribution >= 0.6 is 0 Å². The van der Waals surface area contributed by atoms with Gasteiger partial charge in [0.05, 0.1) is 6.10 Å². The Hall–Kier alpha value is -2.25. The summed E-state index contributed by atoms with van der Waals surface area (Å²) in [6, 6.07) is 8.07. The Morgan fingerprint density at radius 1 is 1.00 bits per heavy atom. The normalized spacial score (nSPS) is 27.3. The van der Waals surface area contributed by atoms with Gasteiger partial charge in [0.1, 0.15) is 18.2 Å². The molecular formula is C28H39N3O4. The van der Waals surface area contributed by atoms with E-state index in [1.54, 1.807) is 4.90 Å². The maximum absolute atomic E-state index is 13.8. The molecule has 3 saturated heterocycles. The number of amides is 2. The van der Waals surface area contributed by atoms with Crippen molar-refractivity contribution in [3.05, 3.63) is 35.4 Å². The van der Waals surface area contributed by atoms with Crippen LogP contribution in [0.4, 0.5) is 0 Å². The summed E-state index contributed by atoms with van der Waals surface area (Å²) in [5, 5.41) is 3.15. The monoisotopic (exact) mass is 481 g/mol. The molecule has 5 rings (SSSR count). The Bertz CT molecular complexity index is 945. The van der Waals surface area contributed by atoms with E-state index in [1.165, 1.54) is 5.56 Å². The van der Waals surface area contributed by atoms with E-state index in [0.717, 1.165) is 45.2 Å². The zero-order valence-corrected chi connectivity index (χ0v) is 21.1. The highest BCUT2D eigenvalue weighted by Gasteiger charge is 2.52. The number of carbonyl (C=O) groups is 3. The molecular weight excluding hydrogens is 442 g/mol. The fourth-order valence-corrected chi connectivity index (χ4v) is 6.59. The van der Waals surface area contributed by atoms with E-state index in [0.29, 0.717) is 43.3 Å². The molecule has 4 fully saturated rings. The summed E-state index contributed by atoms with van der Waals surface area (Å²) in [7, 11) is 0. The first-order chi connectivity index (χ1) is 16.9. The van der Waals surface area contributed by atoms with Gasteiger partial charge in [0, 0.05) is 18.2 Å². The lowest BCUT2D eigenvalue weighted by atomic mass is 9.80. The van der Waals surface area contributed by atoms with Crippen molar-refractivity contribution in [3.63, 3.8) is 0 Å². The lowest BCUT2D eigenvalue weighted by Crippen LogP contribution is -2.62. The minimum Gasteiger partial charge on any atom is -0.368 e. The molecule has 4 aliphatic rings. The van der Waals surface area contributed by atoms with E-state index >= 15 is 0 Å². The molecule has 2 amide bonds. The van der Waals surface area contributed by atoms with Crippen LogP contribution in [0.2, 0.25) is 0 Å². The van der Waals surface area contributed by atoms with Gasteiger partial charge in [0.2, 0.25) is 5.91 Å². The van der Waals surface area contributed by atoms with Crippen molar-refractivity contribution in [2.24, 2.45) is 0 Å². The number of fused-ring (bicyclic) bond motifs is 1. The van der Waals surface area contributed by atoms with E-state index in [1.807, 2.05) is 12.1 Å². The third kappa shape index (κ3) is 4.77. The molecule has 0 spiro atoms. The number of hydrogen-bond donors (Lipinski definition) is 1. The molecule has 0 unspecified atom stereocenters. The van der Waals surface area contributed by atoms with Crippen LogP contribution < -0.4 is 5.32 Å². The summed E-state index contributed by atoms with van der Waals surface area (Å²) >= 11 is 0.